The highest BCUT2D eigenvalue weighted by molar-refractivity contribution is 6.07. The number of non-ortho nitro benzene ring substituents is 1. The number of hydrogen-bond acceptors (Lipinski definition) is 6. The largest absolute Gasteiger partial charge is 0.383 e. The number of hydrogen-bond donors (Lipinski definition) is 1. The standard InChI is InChI=1S/C19H16N4O4/c1-27-9-8-21-17-7-6-14(23(25)26)10-16(17)19(24)22-12-13(11-20)15-4-2-3-5-18(15)22/h2-7,10,12,21H,8-9H2,1H3. The first kappa shape index (κ1) is 18.1. The lowest BCUT2D eigenvalue weighted by molar-refractivity contribution is -0.384. The van der Waals surface area contributed by atoms with E-state index in [-0.39, 0.29) is 11.3 Å². The molecule has 1 N–H and O–H groups in total. The van der Waals surface area contributed by atoms with Gasteiger partial charge in [-0.15, -0.1) is 0 Å². The molecule has 0 aliphatic carbocycles. The lowest BCUT2D eigenvalue weighted by atomic mass is 10.1. The van der Waals surface area contributed by atoms with E-state index in [0.717, 1.165) is 0 Å². The summed E-state index contributed by atoms with van der Waals surface area (Å²) in [5.74, 6) is -0.462. The van der Waals surface area contributed by atoms with Crippen molar-refractivity contribution in [3.8, 4) is 6.07 Å². The van der Waals surface area contributed by atoms with Crippen molar-refractivity contribution < 1.29 is 14.5 Å². The van der Waals surface area contributed by atoms with Crippen LogP contribution >= 0.6 is 0 Å². The number of nitro benzene ring substituents is 1. The summed E-state index contributed by atoms with van der Waals surface area (Å²) < 4.78 is 6.33. The number of carbonyl (C=O) groups excluding carboxylic acids is 1. The van der Waals surface area contributed by atoms with E-state index < -0.39 is 10.8 Å². The minimum absolute atomic E-state index is 0.144. The van der Waals surface area contributed by atoms with Crippen LogP contribution in [0.5, 0.6) is 0 Å². The summed E-state index contributed by atoms with van der Waals surface area (Å²) in [5, 5.41) is 24.2. The van der Waals surface area contributed by atoms with Crippen LogP contribution in [0.1, 0.15) is 15.9 Å². The number of fused-ring (bicyclic) bond motifs is 1. The Morgan fingerprint density at radius 1 is 1.33 bits per heavy atom. The molecule has 3 rings (SSSR count). The van der Waals surface area contributed by atoms with Gasteiger partial charge in [-0.05, 0) is 12.1 Å². The zero-order valence-corrected chi connectivity index (χ0v) is 14.5. The van der Waals surface area contributed by atoms with Gasteiger partial charge in [-0.25, -0.2) is 0 Å². The molecular formula is C19H16N4O4. The molecule has 3 aromatic rings. The average Bonchev–Trinajstić information content (AvgIpc) is 3.06. The molecule has 0 aliphatic heterocycles. The minimum Gasteiger partial charge on any atom is -0.383 e. The van der Waals surface area contributed by atoms with Crippen molar-refractivity contribution in [3.05, 3.63) is 69.9 Å². The normalized spacial score (nSPS) is 10.5. The second-order valence-electron chi connectivity index (χ2n) is 5.75. The molecule has 0 radical (unpaired) electrons. The van der Waals surface area contributed by atoms with Gasteiger partial charge in [-0.1, -0.05) is 18.2 Å². The van der Waals surface area contributed by atoms with E-state index in [4.69, 9.17) is 4.74 Å². The summed E-state index contributed by atoms with van der Waals surface area (Å²) in [7, 11) is 1.55. The highest BCUT2D eigenvalue weighted by Gasteiger charge is 2.21. The quantitative estimate of drug-likeness (QED) is 0.409. The van der Waals surface area contributed by atoms with Crippen LogP contribution in [0, 0.1) is 21.4 Å². The average molecular weight is 364 g/mol. The maximum Gasteiger partial charge on any atom is 0.270 e. The van der Waals surface area contributed by atoms with Crippen molar-refractivity contribution in [2.75, 3.05) is 25.6 Å². The molecule has 0 saturated carbocycles. The number of benzene rings is 2. The van der Waals surface area contributed by atoms with Gasteiger partial charge < -0.3 is 10.1 Å². The molecule has 2 aromatic carbocycles. The summed E-state index contributed by atoms with van der Waals surface area (Å²) in [6.45, 7) is 0.847. The summed E-state index contributed by atoms with van der Waals surface area (Å²) in [4.78, 5) is 23.8. The molecule has 0 fully saturated rings. The molecule has 1 heterocycles. The van der Waals surface area contributed by atoms with Gasteiger partial charge in [0.15, 0.2) is 0 Å². The molecule has 136 valence electrons. The monoisotopic (exact) mass is 364 g/mol. The van der Waals surface area contributed by atoms with Crippen LogP contribution in [0.4, 0.5) is 11.4 Å². The van der Waals surface area contributed by atoms with E-state index in [9.17, 15) is 20.2 Å². The number of carbonyl (C=O) groups is 1. The van der Waals surface area contributed by atoms with Gasteiger partial charge >= 0.3 is 0 Å². The van der Waals surface area contributed by atoms with Crippen LogP contribution < -0.4 is 5.32 Å². The second kappa shape index (κ2) is 7.68. The Kier molecular flexibility index (Phi) is 5.15. The van der Waals surface area contributed by atoms with Crippen molar-refractivity contribution in [2.45, 2.75) is 0 Å². The van der Waals surface area contributed by atoms with Gasteiger partial charge in [0.1, 0.15) is 6.07 Å². The first-order chi connectivity index (χ1) is 13.1. The predicted molar refractivity (Wildman–Crippen MR) is 99.8 cm³/mol. The maximum atomic E-state index is 13.2. The third-order valence-corrected chi connectivity index (χ3v) is 4.12. The summed E-state index contributed by atoms with van der Waals surface area (Å²) in [6.07, 6.45) is 1.45. The number of anilines is 1. The molecule has 27 heavy (non-hydrogen) atoms. The van der Waals surface area contributed by atoms with Crippen molar-refractivity contribution >= 4 is 28.2 Å². The molecular weight excluding hydrogens is 348 g/mol. The SMILES string of the molecule is COCCNc1ccc([N+](=O)[O-])cc1C(=O)n1cc(C#N)c2ccccc21. The highest BCUT2D eigenvalue weighted by Crippen LogP contribution is 2.26. The van der Waals surface area contributed by atoms with Crippen LogP contribution in [0.3, 0.4) is 0 Å². The molecule has 0 amide bonds. The first-order valence-corrected chi connectivity index (χ1v) is 8.13. The van der Waals surface area contributed by atoms with Gasteiger partial charge in [-0.3, -0.25) is 19.5 Å². The fourth-order valence-corrected chi connectivity index (χ4v) is 2.83. The van der Waals surface area contributed by atoms with Gasteiger partial charge in [0, 0.05) is 43.1 Å². The van der Waals surface area contributed by atoms with Crippen molar-refractivity contribution in [1.29, 1.82) is 5.26 Å². The van der Waals surface area contributed by atoms with Crippen LogP contribution in [0.15, 0.2) is 48.7 Å². The Balaban J connectivity index is 2.11. The Morgan fingerprint density at radius 3 is 2.81 bits per heavy atom. The van der Waals surface area contributed by atoms with Crippen LogP contribution in [-0.2, 0) is 4.74 Å². The molecule has 0 aliphatic rings. The Hall–Kier alpha value is -3.70. The van der Waals surface area contributed by atoms with E-state index in [0.29, 0.717) is 35.3 Å². The summed E-state index contributed by atoms with van der Waals surface area (Å²) >= 11 is 0. The molecule has 0 bridgehead atoms. The van der Waals surface area contributed by atoms with Gasteiger partial charge in [0.2, 0.25) is 0 Å². The summed E-state index contributed by atoms with van der Waals surface area (Å²) in [6, 6.07) is 13.2. The molecule has 0 unspecified atom stereocenters. The number of nitrogens with zero attached hydrogens (tertiary/aromatic N) is 3. The summed E-state index contributed by atoms with van der Waals surface area (Å²) in [5.41, 5.74) is 1.34. The predicted octanol–water partition coefficient (Wildman–Crippen LogP) is 3.17. The van der Waals surface area contributed by atoms with Gasteiger partial charge in [0.05, 0.1) is 28.2 Å². The first-order valence-electron chi connectivity index (χ1n) is 8.13. The third-order valence-electron chi connectivity index (χ3n) is 4.12. The Bertz CT molecular complexity index is 1070. The molecule has 0 saturated heterocycles. The third kappa shape index (κ3) is 3.49. The lowest BCUT2D eigenvalue weighted by Crippen LogP contribution is -2.16. The Labute approximate surface area is 154 Å². The topological polar surface area (TPSA) is 110 Å². The number of nitriles is 1. The van der Waals surface area contributed by atoms with E-state index in [2.05, 4.69) is 11.4 Å². The zero-order chi connectivity index (χ0) is 19.4. The zero-order valence-electron chi connectivity index (χ0n) is 14.5. The molecule has 8 nitrogen and oxygen atoms in total. The van der Waals surface area contributed by atoms with Crippen molar-refractivity contribution in [1.82, 2.24) is 4.57 Å². The fraction of sp³-hybridized carbons (Fsp3) is 0.158. The smallest absolute Gasteiger partial charge is 0.270 e. The van der Waals surface area contributed by atoms with Gasteiger partial charge in [0.25, 0.3) is 11.6 Å². The number of nitro groups is 1. The molecule has 8 heteroatoms. The van der Waals surface area contributed by atoms with Crippen molar-refractivity contribution in [2.24, 2.45) is 0 Å². The molecule has 0 atom stereocenters. The number of methoxy groups -OCH3 is 1. The minimum atomic E-state index is -0.551. The fourth-order valence-electron chi connectivity index (χ4n) is 2.83. The maximum absolute atomic E-state index is 13.2. The molecule has 0 spiro atoms. The van der Waals surface area contributed by atoms with E-state index in [1.54, 1.807) is 31.4 Å². The van der Waals surface area contributed by atoms with Gasteiger partial charge in [-0.2, -0.15) is 5.26 Å². The number of nitrogens with one attached hydrogen (secondary N) is 1. The van der Waals surface area contributed by atoms with Crippen LogP contribution in [-0.4, -0.2) is 35.7 Å². The number of rotatable bonds is 6. The van der Waals surface area contributed by atoms with E-state index in [1.807, 2.05) is 0 Å². The Morgan fingerprint density at radius 2 is 2.11 bits per heavy atom. The number of ether oxygens (including phenoxy) is 1. The van der Waals surface area contributed by atoms with Crippen LogP contribution in [0.2, 0.25) is 0 Å². The highest BCUT2D eigenvalue weighted by atomic mass is 16.6. The second-order valence-corrected chi connectivity index (χ2v) is 5.75. The lowest BCUT2D eigenvalue weighted by Gasteiger charge is -2.12. The van der Waals surface area contributed by atoms with E-state index in [1.165, 1.54) is 29.0 Å². The van der Waals surface area contributed by atoms with E-state index >= 15 is 0 Å². The molecule has 1 aromatic heterocycles. The number of para-hydroxylation sites is 1. The van der Waals surface area contributed by atoms with Crippen molar-refractivity contribution in [3.63, 3.8) is 0 Å². The van der Waals surface area contributed by atoms with Crippen LogP contribution in [0.25, 0.3) is 10.9 Å². The number of aromatic nitrogens is 1.